The van der Waals surface area contributed by atoms with Gasteiger partial charge in [0.1, 0.15) is 0 Å². The largest absolute Gasteiger partial charge is 0.632 e. The Labute approximate surface area is 143 Å². The number of hydroxylamine groups is 3. The van der Waals surface area contributed by atoms with E-state index in [1.807, 2.05) is 54.6 Å². The van der Waals surface area contributed by atoms with E-state index in [0.29, 0.717) is 13.1 Å². The smallest absolute Gasteiger partial charge is 0.176 e. The van der Waals surface area contributed by atoms with E-state index < -0.39 is 5.54 Å². The van der Waals surface area contributed by atoms with E-state index in [1.54, 1.807) is 0 Å². The Morgan fingerprint density at radius 2 is 0.917 bits per heavy atom. The van der Waals surface area contributed by atoms with Crippen molar-refractivity contribution in [1.82, 2.24) is 0 Å². The standard InChI is InChI=1S/C22H21NO/c24-23(17-10-18-23)22(19-11-4-1-5-12-19,20-13-6-2-7-14-20)21-15-8-3-9-16-21/h1-9,11-16H,10,17-18H2. The zero-order valence-electron chi connectivity index (χ0n) is 13.6. The van der Waals surface area contributed by atoms with Crippen LogP contribution in [0.3, 0.4) is 0 Å². The van der Waals surface area contributed by atoms with Crippen LogP contribution in [-0.4, -0.2) is 17.7 Å². The van der Waals surface area contributed by atoms with Gasteiger partial charge in [0.05, 0.1) is 13.1 Å². The van der Waals surface area contributed by atoms with E-state index in [4.69, 9.17) is 0 Å². The van der Waals surface area contributed by atoms with Crippen LogP contribution in [0.1, 0.15) is 23.1 Å². The number of hydrogen-bond donors (Lipinski definition) is 0. The van der Waals surface area contributed by atoms with Crippen molar-refractivity contribution in [2.24, 2.45) is 0 Å². The number of benzene rings is 3. The molecule has 2 heteroatoms. The molecule has 0 amide bonds. The molecular formula is C22H21NO. The second kappa shape index (κ2) is 5.90. The van der Waals surface area contributed by atoms with Gasteiger partial charge >= 0.3 is 0 Å². The Kier molecular flexibility index (Phi) is 3.72. The number of hydrogen-bond acceptors (Lipinski definition) is 1. The molecule has 1 aliphatic rings. The molecule has 0 unspecified atom stereocenters. The summed E-state index contributed by atoms with van der Waals surface area (Å²) in [6, 6.07) is 30.8. The molecule has 0 radical (unpaired) electrons. The monoisotopic (exact) mass is 315 g/mol. The van der Waals surface area contributed by atoms with Crippen molar-refractivity contribution in [2.45, 2.75) is 12.0 Å². The third-order valence-electron chi connectivity index (χ3n) is 5.22. The molecule has 0 atom stereocenters. The van der Waals surface area contributed by atoms with Gasteiger partial charge in [-0.2, -0.15) is 0 Å². The summed E-state index contributed by atoms with van der Waals surface area (Å²) in [5, 5.41) is 13.9. The first-order valence-electron chi connectivity index (χ1n) is 8.52. The highest BCUT2D eigenvalue weighted by molar-refractivity contribution is 5.47. The van der Waals surface area contributed by atoms with Crippen LogP contribution in [0.15, 0.2) is 91.0 Å². The molecule has 4 rings (SSSR count). The van der Waals surface area contributed by atoms with E-state index in [2.05, 4.69) is 36.4 Å². The fourth-order valence-corrected chi connectivity index (χ4v) is 4.02. The highest BCUT2D eigenvalue weighted by Gasteiger charge is 2.53. The Morgan fingerprint density at radius 3 is 1.17 bits per heavy atom. The molecule has 0 bridgehead atoms. The Morgan fingerprint density at radius 1 is 0.583 bits per heavy atom. The van der Waals surface area contributed by atoms with Crippen molar-refractivity contribution in [2.75, 3.05) is 13.1 Å². The molecule has 3 aromatic carbocycles. The van der Waals surface area contributed by atoms with Crippen molar-refractivity contribution in [3.63, 3.8) is 0 Å². The van der Waals surface area contributed by atoms with Crippen LogP contribution in [0.5, 0.6) is 0 Å². The van der Waals surface area contributed by atoms with Crippen LogP contribution in [0.2, 0.25) is 0 Å². The highest BCUT2D eigenvalue weighted by atomic mass is 16.6. The minimum absolute atomic E-state index is 0.217. The summed E-state index contributed by atoms with van der Waals surface area (Å²) < 4.78 is -0.217. The second-order valence-electron chi connectivity index (χ2n) is 6.50. The van der Waals surface area contributed by atoms with Crippen molar-refractivity contribution >= 4 is 0 Å². The Hall–Kier alpha value is -2.42. The van der Waals surface area contributed by atoms with Gasteiger partial charge in [0.2, 0.25) is 0 Å². The minimum Gasteiger partial charge on any atom is -0.632 e. The lowest BCUT2D eigenvalue weighted by molar-refractivity contribution is -0.962. The summed E-state index contributed by atoms with van der Waals surface area (Å²) in [5.41, 5.74) is 2.49. The van der Waals surface area contributed by atoms with Crippen LogP contribution in [0, 0.1) is 5.21 Å². The molecule has 120 valence electrons. The zero-order chi connectivity index (χ0) is 16.5. The number of rotatable bonds is 4. The molecule has 1 heterocycles. The molecule has 1 aliphatic heterocycles. The van der Waals surface area contributed by atoms with E-state index in [9.17, 15) is 5.21 Å². The third kappa shape index (κ3) is 2.11. The van der Waals surface area contributed by atoms with E-state index in [-0.39, 0.29) is 4.65 Å². The van der Waals surface area contributed by atoms with Crippen molar-refractivity contribution in [3.05, 3.63) is 113 Å². The first-order chi connectivity index (χ1) is 11.8. The molecule has 24 heavy (non-hydrogen) atoms. The van der Waals surface area contributed by atoms with E-state index in [1.165, 1.54) is 0 Å². The summed E-state index contributed by atoms with van der Waals surface area (Å²) in [4.78, 5) is 0. The van der Waals surface area contributed by atoms with E-state index >= 15 is 0 Å². The molecule has 0 N–H and O–H groups in total. The SMILES string of the molecule is [O-][N+]1(C(c2ccccc2)(c2ccccc2)c2ccccc2)CCC1. The topological polar surface area (TPSA) is 23.1 Å². The van der Waals surface area contributed by atoms with Crippen molar-refractivity contribution < 1.29 is 4.65 Å². The molecule has 0 spiro atoms. The maximum Gasteiger partial charge on any atom is 0.176 e. The van der Waals surface area contributed by atoms with Gasteiger partial charge in [-0.3, -0.25) is 0 Å². The summed E-state index contributed by atoms with van der Waals surface area (Å²) in [6.45, 7) is 1.30. The molecular weight excluding hydrogens is 294 g/mol. The summed E-state index contributed by atoms with van der Waals surface area (Å²) in [5.74, 6) is 0. The molecule has 0 saturated carbocycles. The summed E-state index contributed by atoms with van der Waals surface area (Å²) in [6.07, 6.45) is 0.984. The quantitative estimate of drug-likeness (QED) is 0.389. The number of nitrogens with zero attached hydrogens (tertiary/aromatic N) is 1. The third-order valence-corrected chi connectivity index (χ3v) is 5.22. The predicted octanol–water partition coefficient (Wildman–Crippen LogP) is 4.70. The van der Waals surface area contributed by atoms with Crippen LogP contribution in [0.25, 0.3) is 0 Å². The zero-order valence-corrected chi connectivity index (χ0v) is 13.6. The van der Waals surface area contributed by atoms with Gasteiger partial charge in [0, 0.05) is 23.1 Å². The molecule has 1 fully saturated rings. The average Bonchev–Trinajstić information content (AvgIpc) is 2.64. The van der Waals surface area contributed by atoms with Gasteiger partial charge in [-0.05, 0) is 0 Å². The summed E-state index contributed by atoms with van der Waals surface area (Å²) in [7, 11) is 0. The number of likely N-dealkylation sites (tertiary alicyclic amines) is 1. The van der Waals surface area contributed by atoms with Gasteiger partial charge in [-0.25, -0.2) is 0 Å². The lowest BCUT2D eigenvalue weighted by Gasteiger charge is -2.62. The summed E-state index contributed by atoms with van der Waals surface area (Å²) >= 11 is 0. The molecule has 0 aliphatic carbocycles. The molecule has 2 nitrogen and oxygen atoms in total. The predicted molar refractivity (Wildman–Crippen MR) is 97.2 cm³/mol. The van der Waals surface area contributed by atoms with Gasteiger partial charge in [0.25, 0.3) is 0 Å². The lowest BCUT2D eigenvalue weighted by atomic mass is 9.73. The van der Waals surface area contributed by atoms with Crippen LogP contribution in [-0.2, 0) is 5.54 Å². The number of quaternary nitrogens is 1. The fraction of sp³-hybridized carbons (Fsp3) is 0.182. The fourth-order valence-electron chi connectivity index (χ4n) is 4.02. The van der Waals surface area contributed by atoms with E-state index in [0.717, 1.165) is 23.1 Å². The Bertz CT molecular complexity index is 698. The molecule has 0 aromatic heterocycles. The Balaban J connectivity index is 2.08. The minimum atomic E-state index is -0.706. The maximum atomic E-state index is 13.9. The average molecular weight is 315 g/mol. The van der Waals surface area contributed by atoms with Crippen LogP contribution < -0.4 is 0 Å². The highest BCUT2D eigenvalue weighted by Crippen LogP contribution is 2.49. The molecule has 3 aromatic rings. The lowest BCUT2D eigenvalue weighted by Crippen LogP contribution is -2.66. The van der Waals surface area contributed by atoms with Crippen molar-refractivity contribution in [1.29, 1.82) is 0 Å². The first-order valence-corrected chi connectivity index (χ1v) is 8.52. The van der Waals surface area contributed by atoms with Gasteiger partial charge < -0.3 is 9.85 Å². The molecule has 1 saturated heterocycles. The van der Waals surface area contributed by atoms with Gasteiger partial charge in [-0.1, -0.05) is 91.0 Å². The van der Waals surface area contributed by atoms with Gasteiger partial charge in [-0.15, -0.1) is 0 Å². The van der Waals surface area contributed by atoms with Crippen LogP contribution in [0.4, 0.5) is 0 Å². The van der Waals surface area contributed by atoms with Crippen molar-refractivity contribution in [3.8, 4) is 0 Å². The first kappa shape index (κ1) is 15.1. The van der Waals surface area contributed by atoms with Gasteiger partial charge in [0.15, 0.2) is 5.54 Å². The van der Waals surface area contributed by atoms with Crippen LogP contribution >= 0.6 is 0 Å². The maximum absolute atomic E-state index is 13.9. The normalized spacial score (nSPS) is 16.4. The second-order valence-corrected chi connectivity index (χ2v) is 6.50.